The summed E-state index contributed by atoms with van der Waals surface area (Å²) in [6, 6.07) is 4.15. The molecule has 0 amide bonds. The molecule has 22 heavy (non-hydrogen) atoms. The van der Waals surface area contributed by atoms with E-state index in [1.165, 1.54) is 0 Å². The highest BCUT2D eigenvalue weighted by atomic mass is 79.9. The molecule has 2 aliphatic heterocycles. The summed E-state index contributed by atoms with van der Waals surface area (Å²) in [5.74, 6) is 0.882. The summed E-state index contributed by atoms with van der Waals surface area (Å²) in [7, 11) is 0. The molecule has 0 spiro atoms. The van der Waals surface area contributed by atoms with Crippen LogP contribution in [0.15, 0.2) is 21.1 Å². The second-order valence-electron chi connectivity index (χ2n) is 5.97. The smallest absolute Gasteiger partial charge is 0.135 e. The van der Waals surface area contributed by atoms with Crippen LogP contribution in [0.5, 0.6) is 5.75 Å². The van der Waals surface area contributed by atoms with Crippen LogP contribution >= 0.6 is 31.9 Å². The molecule has 3 rings (SSSR count). The van der Waals surface area contributed by atoms with Crippen LogP contribution in [-0.2, 0) is 4.74 Å². The van der Waals surface area contributed by atoms with Gasteiger partial charge >= 0.3 is 0 Å². The summed E-state index contributed by atoms with van der Waals surface area (Å²) in [5, 5.41) is 14.1. The molecule has 0 aromatic heterocycles. The first-order valence-corrected chi connectivity index (χ1v) is 9.46. The summed E-state index contributed by atoms with van der Waals surface area (Å²) in [6.07, 6.45) is 2.10. The molecule has 0 unspecified atom stereocenters. The maximum atomic E-state index is 10.7. The summed E-state index contributed by atoms with van der Waals surface area (Å²) in [5.41, 5.74) is 1.02. The first kappa shape index (κ1) is 16.7. The van der Waals surface area contributed by atoms with Crippen LogP contribution in [0.1, 0.15) is 24.4 Å². The highest BCUT2D eigenvalue weighted by molar-refractivity contribution is 9.11. The minimum Gasteiger partial charge on any atom is -0.506 e. The standard InChI is InChI=1S/C16H22Br2N2O2/c17-12-1-2-13(18)16(21)14(12)15(11-3-9-22-10-4-11)20-7-5-19-6-8-20/h1-2,11,15,19,21H,3-10H2/t15-/m0/s1. The monoisotopic (exact) mass is 432 g/mol. The van der Waals surface area contributed by atoms with E-state index in [4.69, 9.17) is 4.74 Å². The molecule has 6 heteroatoms. The second-order valence-corrected chi connectivity index (χ2v) is 7.68. The molecule has 0 radical (unpaired) electrons. The Labute approximate surface area is 148 Å². The number of piperazine rings is 1. The van der Waals surface area contributed by atoms with Gasteiger partial charge in [0.15, 0.2) is 0 Å². The van der Waals surface area contributed by atoms with Crippen molar-refractivity contribution >= 4 is 31.9 Å². The maximum absolute atomic E-state index is 10.7. The number of benzene rings is 1. The summed E-state index contributed by atoms with van der Waals surface area (Å²) in [4.78, 5) is 2.51. The quantitative estimate of drug-likeness (QED) is 0.767. The third-order valence-electron chi connectivity index (χ3n) is 4.67. The summed E-state index contributed by atoms with van der Waals surface area (Å²) < 4.78 is 7.29. The highest BCUT2D eigenvalue weighted by Gasteiger charge is 2.34. The van der Waals surface area contributed by atoms with Gasteiger partial charge in [0.05, 0.1) is 4.47 Å². The van der Waals surface area contributed by atoms with Crippen LogP contribution in [0.3, 0.4) is 0 Å². The summed E-state index contributed by atoms with van der Waals surface area (Å²) >= 11 is 7.13. The van der Waals surface area contributed by atoms with Crippen LogP contribution in [0.25, 0.3) is 0 Å². The van der Waals surface area contributed by atoms with Gasteiger partial charge in [0, 0.05) is 55.5 Å². The molecule has 0 saturated carbocycles. The fourth-order valence-corrected chi connectivity index (χ4v) is 4.45. The zero-order valence-electron chi connectivity index (χ0n) is 12.5. The third-order valence-corrected chi connectivity index (χ3v) is 6.00. The molecular weight excluding hydrogens is 412 g/mol. The van der Waals surface area contributed by atoms with E-state index in [1.807, 2.05) is 12.1 Å². The van der Waals surface area contributed by atoms with Crippen LogP contribution in [0.4, 0.5) is 0 Å². The van der Waals surface area contributed by atoms with E-state index in [2.05, 4.69) is 42.1 Å². The van der Waals surface area contributed by atoms with E-state index in [1.54, 1.807) is 0 Å². The fraction of sp³-hybridized carbons (Fsp3) is 0.625. The average Bonchev–Trinajstić information content (AvgIpc) is 2.57. The minimum absolute atomic E-state index is 0.234. The lowest BCUT2D eigenvalue weighted by atomic mass is 9.85. The van der Waals surface area contributed by atoms with Gasteiger partial charge in [-0.15, -0.1) is 0 Å². The first-order valence-electron chi connectivity index (χ1n) is 7.88. The number of nitrogens with zero attached hydrogens (tertiary/aromatic N) is 1. The van der Waals surface area contributed by atoms with Gasteiger partial charge in [-0.3, -0.25) is 4.90 Å². The molecule has 4 nitrogen and oxygen atoms in total. The molecule has 0 bridgehead atoms. The average molecular weight is 434 g/mol. The van der Waals surface area contributed by atoms with E-state index in [0.29, 0.717) is 11.7 Å². The van der Waals surface area contributed by atoms with Crippen molar-refractivity contribution in [2.45, 2.75) is 18.9 Å². The van der Waals surface area contributed by atoms with Gasteiger partial charge < -0.3 is 15.2 Å². The van der Waals surface area contributed by atoms with Crippen LogP contribution in [0.2, 0.25) is 0 Å². The lowest BCUT2D eigenvalue weighted by Crippen LogP contribution is -2.47. The van der Waals surface area contributed by atoms with Crippen molar-refractivity contribution in [2.75, 3.05) is 39.4 Å². The predicted octanol–water partition coefficient (Wildman–Crippen LogP) is 3.29. The number of phenolic OH excluding ortho intramolecular Hbond substituents is 1. The number of phenols is 1. The molecule has 2 N–H and O–H groups in total. The van der Waals surface area contributed by atoms with Crippen molar-refractivity contribution in [1.82, 2.24) is 10.2 Å². The van der Waals surface area contributed by atoms with Crippen LogP contribution in [-0.4, -0.2) is 49.4 Å². The van der Waals surface area contributed by atoms with Crippen molar-refractivity contribution in [2.24, 2.45) is 5.92 Å². The lowest BCUT2D eigenvalue weighted by molar-refractivity contribution is 0.0204. The number of rotatable bonds is 3. The largest absolute Gasteiger partial charge is 0.506 e. The Kier molecular flexibility index (Phi) is 5.79. The topological polar surface area (TPSA) is 44.7 Å². The molecule has 1 atom stereocenters. The van der Waals surface area contributed by atoms with E-state index in [0.717, 1.165) is 66.7 Å². The fourth-order valence-electron chi connectivity index (χ4n) is 3.55. The zero-order chi connectivity index (χ0) is 15.5. The van der Waals surface area contributed by atoms with Crippen LogP contribution in [0, 0.1) is 5.92 Å². The maximum Gasteiger partial charge on any atom is 0.135 e. The number of ether oxygens (including phenoxy) is 1. The van der Waals surface area contributed by atoms with Gasteiger partial charge in [-0.1, -0.05) is 15.9 Å². The normalized spacial score (nSPS) is 22.6. The van der Waals surface area contributed by atoms with E-state index in [-0.39, 0.29) is 6.04 Å². The Morgan fingerprint density at radius 1 is 1.14 bits per heavy atom. The van der Waals surface area contributed by atoms with Gasteiger partial charge in [-0.25, -0.2) is 0 Å². The molecule has 2 saturated heterocycles. The number of hydrogen-bond donors (Lipinski definition) is 2. The van der Waals surface area contributed by atoms with E-state index >= 15 is 0 Å². The van der Waals surface area contributed by atoms with Crippen molar-refractivity contribution in [3.8, 4) is 5.75 Å². The number of nitrogens with one attached hydrogen (secondary N) is 1. The first-order chi connectivity index (χ1) is 10.7. The van der Waals surface area contributed by atoms with Crippen molar-refractivity contribution in [1.29, 1.82) is 0 Å². The Morgan fingerprint density at radius 3 is 2.45 bits per heavy atom. The molecular formula is C16H22Br2N2O2. The number of hydrogen-bond acceptors (Lipinski definition) is 4. The van der Waals surface area contributed by atoms with E-state index in [9.17, 15) is 5.11 Å². The molecule has 2 heterocycles. The van der Waals surface area contributed by atoms with E-state index < -0.39 is 0 Å². The van der Waals surface area contributed by atoms with Crippen molar-refractivity contribution in [3.63, 3.8) is 0 Å². The lowest BCUT2D eigenvalue weighted by Gasteiger charge is -2.41. The Hall–Kier alpha value is -0.140. The van der Waals surface area contributed by atoms with Crippen LogP contribution < -0.4 is 5.32 Å². The Balaban J connectivity index is 1.98. The Morgan fingerprint density at radius 2 is 1.77 bits per heavy atom. The van der Waals surface area contributed by atoms with Gasteiger partial charge in [0.1, 0.15) is 5.75 Å². The second kappa shape index (κ2) is 7.62. The molecule has 2 aliphatic rings. The summed E-state index contributed by atoms with van der Waals surface area (Å²) in [6.45, 7) is 5.68. The molecule has 122 valence electrons. The number of halogens is 2. The SMILES string of the molecule is Oc1c(Br)ccc(Br)c1[C@H](C1CCOCC1)N1CCNCC1. The molecule has 0 aliphatic carbocycles. The molecule has 2 fully saturated rings. The van der Waals surface area contributed by atoms with Crippen molar-refractivity contribution in [3.05, 3.63) is 26.6 Å². The Bertz CT molecular complexity index is 497. The third kappa shape index (κ3) is 3.51. The van der Waals surface area contributed by atoms with Gasteiger partial charge in [-0.05, 0) is 46.8 Å². The minimum atomic E-state index is 0.234. The van der Waals surface area contributed by atoms with Crippen molar-refractivity contribution < 1.29 is 9.84 Å². The zero-order valence-corrected chi connectivity index (χ0v) is 15.7. The van der Waals surface area contributed by atoms with Gasteiger partial charge in [0.2, 0.25) is 0 Å². The van der Waals surface area contributed by atoms with Gasteiger partial charge in [0.25, 0.3) is 0 Å². The van der Waals surface area contributed by atoms with Gasteiger partial charge in [-0.2, -0.15) is 0 Å². The predicted molar refractivity (Wildman–Crippen MR) is 94.2 cm³/mol. The molecule has 1 aromatic carbocycles. The molecule has 1 aromatic rings. The highest BCUT2D eigenvalue weighted by Crippen LogP contribution is 2.45. The number of aromatic hydroxyl groups is 1.